The molecular formula is C15H10ClFO. The van der Waals surface area contributed by atoms with E-state index in [2.05, 4.69) is 0 Å². The minimum Gasteiger partial charge on any atom is -0.289 e. The van der Waals surface area contributed by atoms with Crippen LogP contribution in [0.4, 0.5) is 4.39 Å². The van der Waals surface area contributed by atoms with Gasteiger partial charge in [-0.3, -0.25) is 4.79 Å². The van der Waals surface area contributed by atoms with Gasteiger partial charge in [-0.2, -0.15) is 0 Å². The van der Waals surface area contributed by atoms with Crippen LogP contribution in [-0.4, -0.2) is 5.78 Å². The van der Waals surface area contributed by atoms with Crippen molar-refractivity contribution in [1.82, 2.24) is 0 Å². The predicted octanol–water partition coefficient (Wildman–Crippen LogP) is 4.38. The Morgan fingerprint density at radius 3 is 2.39 bits per heavy atom. The molecule has 0 amide bonds. The lowest BCUT2D eigenvalue weighted by Gasteiger charge is -1.97. The molecule has 3 heteroatoms. The van der Waals surface area contributed by atoms with Crippen molar-refractivity contribution in [2.75, 3.05) is 0 Å². The zero-order valence-corrected chi connectivity index (χ0v) is 10.2. The summed E-state index contributed by atoms with van der Waals surface area (Å²) in [6, 6.07) is 12.9. The van der Waals surface area contributed by atoms with E-state index in [1.54, 1.807) is 42.5 Å². The van der Waals surface area contributed by atoms with Crippen molar-refractivity contribution in [3.8, 4) is 0 Å². The van der Waals surface area contributed by atoms with E-state index in [4.69, 9.17) is 11.6 Å². The summed E-state index contributed by atoms with van der Waals surface area (Å²) in [5.74, 6) is -0.869. The van der Waals surface area contributed by atoms with Gasteiger partial charge in [0.05, 0.1) is 5.56 Å². The fourth-order valence-electron chi connectivity index (χ4n) is 1.50. The molecule has 0 heterocycles. The summed E-state index contributed by atoms with van der Waals surface area (Å²) in [6.07, 6.45) is 2.98. The first kappa shape index (κ1) is 12.5. The second-order valence-electron chi connectivity index (χ2n) is 3.73. The first-order valence-electron chi connectivity index (χ1n) is 5.39. The molecule has 0 atom stereocenters. The summed E-state index contributed by atoms with van der Waals surface area (Å²) in [5, 5.41) is 0.632. The lowest BCUT2D eigenvalue weighted by molar-refractivity contribution is 0.104. The number of hydrogen-bond donors (Lipinski definition) is 0. The minimum absolute atomic E-state index is 0.0720. The summed E-state index contributed by atoms with van der Waals surface area (Å²) in [4.78, 5) is 11.8. The highest BCUT2D eigenvalue weighted by molar-refractivity contribution is 6.30. The van der Waals surface area contributed by atoms with Crippen LogP contribution >= 0.6 is 11.6 Å². The van der Waals surface area contributed by atoms with Crippen molar-refractivity contribution in [2.45, 2.75) is 0 Å². The van der Waals surface area contributed by atoms with Crippen LogP contribution in [0.5, 0.6) is 0 Å². The lowest BCUT2D eigenvalue weighted by atomic mass is 10.1. The Kier molecular flexibility index (Phi) is 3.90. The van der Waals surface area contributed by atoms with Crippen LogP contribution in [0.3, 0.4) is 0 Å². The van der Waals surface area contributed by atoms with Gasteiger partial charge >= 0.3 is 0 Å². The van der Waals surface area contributed by atoms with Gasteiger partial charge in [0.25, 0.3) is 0 Å². The Labute approximate surface area is 110 Å². The standard InChI is InChI=1S/C15H10ClFO/c16-12-8-5-11(6-9-12)7-10-15(18)13-3-1-2-4-14(13)17/h1-10H/b10-7+. The molecular weight excluding hydrogens is 251 g/mol. The molecule has 90 valence electrons. The van der Waals surface area contributed by atoms with Crippen LogP contribution in [0, 0.1) is 5.82 Å². The minimum atomic E-state index is -0.511. The molecule has 2 aromatic rings. The largest absolute Gasteiger partial charge is 0.289 e. The summed E-state index contributed by atoms with van der Waals surface area (Å²) in [7, 11) is 0. The smallest absolute Gasteiger partial charge is 0.188 e. The molecule has 2 rings (SSSR count). The maximum atomic E-state index is 13.3. The van der Waals surface area contributed by atoms with Crippen LogP contribution in [0.25, 0.3) is 6.08 Å². The molecule has 0 spiro atoms. The molecule has 0 aliphatic rings. The van der Waals surface area contributed by atoms with Gasteiger partial charge < -0.3 is 0 Å². The molecule has 0 fully saturated rings. The summed E-state index contributed by atoms with van der Waals surface area (Å²) >= 11 is 5.75. The first-order valence-corrected chi connectivity index (χ1v) is 5.77. The Balaban J connectivity index is 2.17. The van der Waals surface area contributed by atoms with Gasteiger partial charge in [-0.15, -0.1) is 0 Å². The molecule has 0 bridgehead atoms. The van der Waals surface area contributed by atoms with Crippen molar-refractivity contribution >= 4 is 23.5 Å². The molecule has 0 radical (unpaired) electrons. The number of rotatable bonds is 3. The first-order chi connectivity index (χ1) is 8.66. The van der Waals surface area contributed by atoms with Gasteiger partial charge in [-0.05, 0) is 35.9 Å². The quantitative estimate of drug-likeness (QED) is 0.591. The molecule has 18 heavy (non-hydrogen) atoms. The van der Waals surface area contributed by atoms with Crippen LogP contribution in [0.2, 0.25) is 5.02 Å². The topological polar surface area (TPSA) is 17.1 Å². The van der Waals surface area contributed by atoms with Crippen molar-refractivity contribution in [2.24, 2.45) is 0 Å². The van der Waals surface area contributed by atoms with Crippen LogP contribution in [0.15, 0.2) is 54.6 Å². The van der Waals surface area contributed by atoms with Crippen molar-refractivity contribution in [3.63, 3.8) is 0 Å². The molecule has 0 unspecified atom stereocenters. The molecule has 0 N–H and O–H groups in total. The second-order valence-corrected chi connectivity index (χ2v) is 4.17. The average molecular weight is 261 g/mol. The van der Waals surface area contributed by atoms with Crippen LogP contribution in [0.1, 0.15) is 15.9 Å². The van der Waals surface area contributed by atoms with E-state index >= 15 is 0 Å². The molecule has 1 nitrogen and oxygen atoms in total. The van der Waals surface area contributed by atoms with Crippen molar-refractivity contribution < 1.29 is 9.18 Å². The summed E-state index contributed by atoms with van der Waals surface area (Å²) in [5.41, 5.74) is 0.909. The van der Waals surface area contributed by atoms with E-state index in [-0.39, 0.29) is 11.3 Å². The maximum absolute atomic E-state index is 13.3. The third-order valence-electron chi connectivity index (χ3n) is 2.44. The third kappa shape index (κ3) is 3.05. The number of ketones is 1. The zero-order valence-electron chi connectivity index (χ0n) is 9.44. The van der Waals surface area contributed by atoms with E-state index in [1.165, 1.54) is 18.2 Å². The van der Waals surface area contributed by atoms with Crippen LogP contribution in [-0.2, 0) is 0 Å². The summed E-state index contributed by atoms with van der Waals surface area (Å²) in [6.45, 7) is 0. The zero-order chi connectivity index (χ0) is 13.0. The number of benzene rings is 2. The SMILES string of the molecule is O=C(/C=C/c1ccc(Cl)cc1)c1ccccc1F. The Hall–Kier alpha value is -1.93. The van der Waals surface area contributed by atoms with E-state index in [1.807, 2.05) is 0 Å². The predicted molar refractivity (Wildman–Crippen MR) is 71.2 cm³/mol. The van der Waals surface area contributed by atoms with Gasteiger partial charge in [-0.1, -0.05) is 41.9 Å². The fraction of sp³-hybridized carbons (Fsp3) is 0. The van der Waals surface area contributed by atoms with Gasteiger partial charge in [0.1, 0.15) is 5.82 Å². The van der Waals surface area contributed by atoms with E-state index < -0.39 is 5.82 Å². The number of carbonyl (C=O) groups is 1. The lowest BCUT2D eigenvalue weighted by Crippen LogP contribution is -1.97. The highest BCUT2D eigenvalue weighted by Crippen LogP contribution is 2.12. The van der Waals surface area contributed by atoms with E-state index in [9.17, 15) is 9.18 Å². The highest BCUT2D eigenvalue weighted by atomic mass is 35.5. The van der Waals surface area contributed by atoms with Crippen LogP contribution < -0.4 is 0 Å². The average Bonchev–Trinajstić information content (AvgIpc) is 2.38. The molecule has 0 saturated carbocycles. The molecule has 0 saturated heterocycles. The van der Waals surface area contributed by atoms with Gasteiger partial charge in [0, 0.05) is 5.02 Å². The normalized spacial score (nSPS) is 10.8. The Morgan fingerprint density at radius 2 is 1.72 bits per heavy atom. The molecule has 0 aliphatic heterocycles. The van der Waals surface area contributed by atoms with Gasteiger partial charge in [-0.25, -0.2) is 4.39 Å². The molecule has 0 aliphatic carbocycles. The third-order valence-corrected chi connectivity index (χ3v) is 2.69. The monoisotopic (exact) mass is 260 g/mol. The molecule has 2 aromatic carbocycles. The maximum Gasteiger partial charge on any atom is 0.188 e. The molecule has 0 aromatic heterocycles. The Bertz CT molecular complexity index is 588. The van der Waals surface area contributed by atoms with Crippen molar-refractivity contribution in [3.05, 3.63) is 76.6 Å². The number of hydrogen-bond acceptors (Lipinski definition) is 1. The van der Waals surface area contributed by atoms with Gasteiger partial charge in [0.15, 0.2) is 5.78 Å². The second kappa shape index (κ2) is 5.61. The van der Waals surface area contributed by atoms with E-state index in [0.717, 1.165) is 5.56 Å². The fourth-order valence-corrected chi connectivity index (χ4v) is 1.62. The summed E-state index contributed by atoms with van der Waals surface area (Å²) < 4.78 is 13.3. The van der Waals surface area contributed by atoms with Crippen molar-refractivity contribution in [1.29, 1.82) is 0 Å². The highest BCUT2D eigenvalue weighted by Gasteiger charge is 2.06. The Morgan fingerprint density at radius 1 is 1.06 bits per heavy atom. The number of allylic oxidation sites excluding steroid dienone is 1. The number of carbonyl (C=O) groups excluding carboxylic acids is 1. The van der Waals surface area contributed by atoms with Gasteiger partial charge in [0.2, 0.25) is 0 Å². The van der Waals surface area contributed by atoms with E-state index in [0.29, 0.717) is 5.02 Å². The number of halogens is 2.